The third-order valence-electron chi connectivity index (χ3n) is 5.21. The number of hydrogen-bond donors (Lipinski definition) is 1. The number of nitrogens with zero attached hydrogens (tertiary/aromatic N) is 2. The van der Waals surface area contributed by atoms with Crippen molar-refractivity contribution in [2.24, 2.45) is 11.3 Å². The first kappa shape index (κ1) is 14.8. The number of rotatable bonds is 3. The van der Waals surface area contributed by atoms with Crippen LogP contribution in [-0.2, 0) is 4.79 Å². The van der Waals surface area contributed by atoms with E-state index >= 15 is 0 Å². The van der Waals surface area contributed by atoms with Gasteiger partial charge in [-0.25, -0.2) is 0 Å². The summed E-state index contributed by atoms with van der Waals surface area (Å²) in [6, 6.07) is 0.513. The Morgan fingerprint density at radius 2 is 1.95 bits per heavy atom. The van der Waals surface area contributed by atoms with Crippen LogP contribution in [0, 0.1) is 11.3 Å². The van der Waals surface area contributed by atoms with E-state index in [1.54, 1.807) is 0 Å². The van der Waals surface area contributed by atoms with Gasteiger partial charge in [-0.2, -0.15) is 0 Å². The van der Waals surface area contributed by atoms with Crippen molar-refractivity contribution in [1.29, 1.82) is 0 Å². The van der Waals surface area contributed by atoms with Crippen molar-refractivity contribution >= 4 is 5.91 Å². The summed E-state index contributed by atoms with van der Waals surface area (Å²) in [5, 5.41) is 3.38. The summed E-state index contributed by atoms with van der Waals surface area (Å²) in [4.78, 5) is 17.3. The summed E-state index contributed by atoms with van der Waals surface area (Å²) in [5.74, 6) is 0.988. The van der Waals surface area contributed by atoms with Crippen LogP contribution in [0.15, 0.2) is 0 Å². The highest BCUT2D eigenvalue weighted by Crippen LogP contribution is 2.36. The van der Waals surface area contributed by atoms with Gasteiger partial charge in [-0.3, -0.25) is 4.79 Å². The summed E-state index contributed by atoms with van der Waals surface area (Å²) in [6.45, 7) is 8.24. The van der Waals surface area contributed by atoms with Crippen LogP contribution >= 0.6 is 0 Å². The normalized spacial score (nSPS) is 30.9. The number of nitrogens with one attached hydrogen (secondary N) is 1. The van der Waals surface area contributed by atoms with Crippen LogP contribution in [0.1, 0.15) is 33.1 Å². The fourth-order valence-corrected chi connectivity index (χ4v) is 3.75. The van der Waals surface area contributed by atoms with Gasteiger partial charge in [0.1, 0.15) is 0 Å². The first-order chi connectivity index (χ1) is 9.00. The summed E-state index contributed by atoms with van der Waals surface area (Å²) in [7, 11) is 4.24. The molecule has 0 aromatic rings. The highest BCUT2D eigenvalue weighted by Gasteiger charge is 2.44. The Morgan fingerprint density at radius 1 is 1.32 bits per heavy atom. The van der Waals surface area contributed by atoms with E-state index in [0.29, 0.717) is 17.9 Å². The van der Waals surface area contributed by atoms with E-state index in [4.69, 9.17) is 0 Å². The average Bonchev–Trinajstić information content (AvgIpc) is 2.81. The Kier molecular flexibility index (Phi) is 4.51. The van der Waals surface area contributed by atoms with Gasteiger partial charge in [-0.05, 0) is 52.4 Å². The highest BCUT2D eigenvalue weighted by molar-refractivity contribution is 5.83. The van der Waals surface area contributed by atoms with Gasteiger partial charge in [-0.1, -0.05) is 13.8 Å². The maximum atomic E-state index is 12.9. The zero-order valence-corrected chi connectivity index (χ0v) is 12.9. The van der Waals surface area contributed by atoms with Crippen LogP contribution in [0.25, 0.3) is 0 Å². The molecule has 0 spiro atoms. The van der Waals surface area contributed by atoms with Gasteiger partial charge in [0, 0.05) is 19.1 Å². The molecule has 2 atom stereocenters. The lowest BCUT2D eigenvalue weighted by Gasteiger charge is -2.38. The third kappa shape index (κ3) is 2.79. The molecule has 1 amide bonds. The molecule has 0 saturated carbocycles. The largest absolute Gasteiger partial charge is 0.340 e. The van der Waals surface area contributed by atoms with Crippen LogP contribution in [0.3, 0.4) is 0 Å². The van der Waals surface area contributed by atoms with Crippen LogP contribution in [0.5, 0.6) is 0 Å². The van der Waals surface area contributed by atoms with Crippen molar-refractivity contribution < 1.29 is 4.79 Å². The summed E-state index contributed by atoms with van der Waals surface area (Å²) < 4.78 is 0. The van der Waals surface area contributed by atoms with E-state index in [9.17, 15) is 4.79 Å². The number of likely N-dealkylation sites (N-methyl/N-ethyl adjacent to an activating group) is 1. The topological polar surface area (TPSA) is 35.6 Å². The van der Waals surface area contributed by atoms with Crippen molar-refractivity contribution in [1.82, 2.24) is 15.1 Å². The molecule has 4 nitrogen and oxygen atoms in total. The van der Waals surface area contributed by atoms with E-state index < -0.39 is 0 Å². The second kappa shape index (κ2) is 5.80. The predicted molar refractivity (Wildman–Crippen MR) is 78.0 cm³/mol. The first-order valence-electron chi connectivity index (χ1n) is 7.66. The molecule has 2 aliphatic heterocycles. The zero-order valence-electron chi connectivity index (χ0n) is 12.9. The first-order valence-corrected chi connectivity index (χ1v) is 7.66. The maximum Gasteiger partial charge on any atom is 0.228 e. The lowest BCUT2D eigenvalue weighted by atomic mass is 9.75. The molecule has 0 radical (unpaired) electrons. The monoisotopic (exact) mass is 267 g/mol. The van der Waals surface area contributed by atoms with Crippen LogP contribution in [0.4, 0.5) is 0 Å². The number of piperidine rings is 1. The van der Waals surface area contributed by atoms with Gasteiger partial charge < -0.3 is 15.1 Å². The average molecular weight is 267 g/mol. The van der Waals surface area contributed by atoms with Crippen molar-refractivity contribution in [2.45, 2.75) is 39.2 Å². The Balaban J connectivity index is 2.07. The number of likely N-dealkylation sites (tertiary alicyclic amines) is 1. The molecule has 2 rings (SSSR count). The van der Waals surface area contributed by atoms with Gasteiger partial charge in [-0.15, -0.1) is 0 Å². The molecule has 2 aliphatic rings. The molecular weight excluding hydrogens is 238 g/mol. The Morgan fingerprint density at radius 3 is 2.42 bits per heavy atom. The molecule has 110 valence electrons. The van der Waals surface area contributed by atoms with Gasteiger partial charge in [0.15, 0.2) is 0 Å². The van der Waals surface area contributed by atoms with E-state index in [1.807, 2.05) is 0 Å². The lowest BCUT2D eigenvalue weighted by molar-refractivity contribution is -0.143. The third-order valence-corrected chi connectivity index (χ3v) is 5.21. The van der Waals surface area contributed by atoms with Crippen LogP contribution in [-0.4, -0.2) is 62.0 Å². The Bertz CT molecular complexity index is 323. The number of amides is 1. The second-order valence-corrected chi connectivity index (χ2v) is 6.60. The van der Waals surface area contributed by atoms with E-state index in [2.05, 4.69) is 43.1 Å². The van der Waals surface area contributed by atoms with Crippen molar-refractivity contribution in [3.8, 4) is 0 Å². The molecule has 0 aliphatic carbocycles. The molecule has 2 heterocycles. The maximum absolute atomic E-state index is 12.9. The van der Waals surface area contributed by atoms with Gasteiger partial charge >= 0.3 is 0 Å². The molecule has 1 N–H and O–H groups in total. The van der Waals surface area contributed by atoms with Gasteiger partial charge in [0.25, 0.3) is 0 Å². The van der Waals surface area contributed by atoms with Gasteiger partial charge in [0.05, 0.1) is 5.41 Å². The standard InChI is InChI=1S/C15H29N3O/c1-5-15(6-8-16-9-7-15)14(19)18-10-12(2)13(11-18)17(3)4/h12-13,16H,5-11H2,1-4H3. The van der Waals surface area contributed by atoms with Crippen LogP contribution in [0.2, 0.25) is 0 Å². The molecule has 2 unspecified atom stereocenters. The second-order valence-electron chi connectivity index (χ2n) is 6.60. The molecule has 2 saturated heterocycles. The fraction of sp³-hybridized carbons (Fsp3) is 0.933. The molecule has 2 fully saturated rings. The summed E-state index contributed by atoms with van der Waals surface area (Å²) in [6.07, 6.45) is 2.98. The summed E-state index contributed by atoms with van der Waals surface area (Å²) >= 11 is 0. The number of carbonyl (C=O) groups is 1. The van der Waals surface area contributed by atoms with Gasteiger partial charge in [0.2, 0.25) is 5.91 Å². The number of carbonyl (C=O) groups excluding carboxylic acids is 1. The van der Waals surface area contributed by atoms with E-state index in [0.717, 1.165) is 45.4 Å². The molecule has 0 aromatic heterocycles. The molecule has 0 bridgehead atoms. The zero-order chi connectivity index (χ0) is 14.0. The smallest absolute Gasteiger partial charge is 0.228 e. The lowest BCUT2D eigenvalue weighted by Crippen LogP contribution is -2.49. The minimum Gasteiger partial charge on any atom is -0.340 e. The highest BCUT2D eigenvalue weighted by atomic mass is 16.2. The minimum absolute atomic E-state index is 0.0911. The molecular formula is C15H29N3O. The van der Waals surface area contributed by atoms with Crippen molar-refractivity contribution in [2.75, 3.05) is 40.3 Å². The quantitative estimate of drug-likeness (QED) is 0.834. The number of hydrogen-bond acceptors (Lipinski definition) is 3. The molecule has 19 heavy (non-hydrogen) atoms. The SMILES string of the molecule is CCC1(C(=O)N2CC(C)C(N(C)C)C2)CCNCC1. The minimum atomic E-state index is -0.0911. The van der Waals surface area contributed by atoms with Crippen LogP contribution < -0.4 is 5.32 Å². The predicted octanol–water partition coefficient (Wildman–Crippen LogP) is 1.17. The van der Waals surface area contributed by atoms with Crippen molar-refractivity contribution in [3.05, 3.63) is 0 Å². The van der Waals surface area contributed by atoms with E-state index in [1.165, 1.54) is 0 Å². The molecule has 0 aromatic carbocycles. The van der Waals surface area contributed by atoms with Crippen molar-refractivity contribution in [3.63, 3.8) is 0 Å². The Hall–Kier alpha value is -0.610. The Labute approximate surface area is 117 Å². The van der Waals surface area contributed by atoms with E-state index in [-0.39, 0.29) is 5.41 Å². The summed E-state index contributed by atoms with van der Waals surface area (Å²) in [5.41, 5.74) is -0.0911. The molecule has 4 heteroatoms. The fourth-order valence-electron chi connectivity index (χ4n) is 3.75.